The molecule has 300 valence electrons. The Morgan fingerprint density at radius 3 is 1.36 bits per heavy atom. The molecule has 0 N–H and O–H groups in total. The van der Waals surface area contributed by atoms with E-state index in [-0.39, 0.29) is 0 Å². The van der Waals surface area contributed by atoms with Gasteiger partial charge in [0, 0.05) is 57.4 Å². The lowest BCUT2D eigenvalue weighted by atomic mass is 9.68. The van der Waals surface area contributed by atoms with Crippen LogP contribution in [0.4, 0.5) is 17.1 Å². The zero-order chi connectivity index (χ0) is 42.2. The third-order valence-corrected chi connectivity index (χ3v) is 15.8. The van der Waals surface area contributed by atoms with E-state index in [1.165, 1.54) is 96.0 Å². The number of fused-ring (bicyclic) bond motifs is 9. The molecule has 2 aromatic heterocycles. The van der Waals surface area contributed by atoms with Crippen molar-refractivity contribution in [1.82, 2.24) is 0 Å². The predicted molar refractivity (Wildman–Crippen MR) is 275 cm³/mol. The maximum atomic E-state index is 2.42. The van der Waals surface area contributed by atoms with Gasteiger partial charge >= 0.3 is 0 Å². The van der Waals surface area contributed by atoms with Crippen molar-refractivity contribution in [1.29, 1.82) is 0 Å². The molecule has 0 bridgehead atoms. The maximum absolute atomic E-state index is 2.42. The van der Waals surface area contributed by atoms with Crippen LogP contribution in [0.1, 0.15) is 22.3 Å². The lowest BCUT2D eigenvalue weighted by molar-refractivity contribution is 0.768. The minimum absolute atomic E-state index is 0.462. The molecule has 64 heavy (non-hydrogen) atoms. The van der Waals surface area contributed by atoms with Gasteiger partial charge in [0.2, 0.25) is 0 Å². The van der Waals surface area contributed by atoms with E-state index >= 15 is 0 Å². The molecule has 12 aromatic rings. The maximum Gasteiger partial charge on any atom is 0.0713 e. The summed E-state index contributed by atoms with van der Waals surface area (Å²) in [6, 6.07) is 87.7. The first-order chi connectivity index (χ1) is 31.7. The first-order valence-corrected chi connectivity index (χ1v) is 23.5. The molecule has 2 heterocycles. The van der Waals surface area contributed by atoms with E-state index in [1.807, 2.05) is 22.7 Å². The van der Waals surface area contributed by atoms with Crippen molar-refractivity contribution in [2.45, 2.75) is 5.41 Å². The van der Waals surface area contributed by atoms with E-state index < -0.39 is 5.41 Å². The normalized spacial score (nSPS) is 12.8. The molecule has 0 amide bonds. The van der Waals surface area contributed by atoms with Crippen LogP contribution < -0.4 is 4.90 Å². The molecule has 13 rings (SSSR count). The highest BCUT2D eigenvalue weighted by Gasteiger charge is 2.45. The highest BCUT2D eigenvalue weighted by atomic mass is 32.1. The molecule has 0 saturated heterocycles. The average molecular weight is 850 g/mol. The fourth-order valence-corrected chi connectivity index (χ4v) is 13.0. The van der Waals surface area contributed by atoms with Crippen LogP contribution in [0.2, 0.25) is 0 Å². The van der Waals surface area contributed by atoms with Crippen LogP contribution in [-0.2, 0) is 5.41 Å². The quantitative estimate of drug-likeness (QED) is 0.154. The molecule has 0 fully saturated rings. The lowest BCUT2D eigenvalue weighted by Gasteiger charge is -2.34. The number of benzene rings is 10. The number of hydrogen-bond donors (Lipinski definition) is 0. The van der Waals surface area contributed by atoms with Gasteiger partial charge in [-0.2, -0.15) is 0 Å². The van der Waals surface area contributed by atoms with Crippen LogP contribution in [0, 0.1) is 0 Å². The largest absolute Gasteiger partial charge is 0.310 e. The van der Waals surface area contributed by atoms with Crippen molar-refractivity contribution in [3.63, 3.8) is 0 Å². The summed E-state index contributed by atoms with van der Waals surface area (Å²) < 4.78 is 5.28. The zero-order valence-electron chi connectivity index (χ0n) is 34.8. The SMILES string of the molecule is c1ccc(C2(c3ccc(N(c4ccc(-c5cccc6c5sc5ccccc56)cc4)c4cccc(-c5cccc6c5sc5ccccc56)c4)cc3)c3ccccc3-c3ccccc32)cc1. The Balaban J connectivity index is 0.975. The van der Waals surface area contributed by atoms with E-state index in [1.54, 1.807) is 0 Å². The van der Waals surface area contributed by atoms with Crippen LogP contribution >= 0.6 is 22.7 Å². The van der Waals surface area contributed by atoms with Crippen molar-refractivity contribution in [2.75, 3.05) is 4.90 Å². The Labute approximate surface area is 380 Å². The summed E-state index contributed by atoms with van der Waals surface area (Å²) in [6.07, 6.45) is 0. The molecular formula is C61H39NS2. The third kappa shape index (κ3) is 5.61. The Morgan fingerprint density at radius 2 is 0.750 bits per heavy atom. The van der Waals surface area contributed by atoms with Crippen molar-refractivity contribution >= 4 is 80.1 Å². The Morgan fingerprint density at radius 1 is 0.297 bits per heavy atom. The molecule has 0 aliphatic heterocycles. The highest BCUT2D eigenvalue weighted by Crippen LogP contribution is 2.56. The zero-order valence-corrected chi connectivity index (χ0v) is 36.4. The molecule has 0 saturated carbocycles. The van der Waals surface area contributed by atoms with Gasteiger partial charge in [0.05, 0.1) is 5.41 Å². The van der Waals surface area contributed by atoms with Crippen LogP contribution in [0.5, 0.6) is 0 Å². The first-order valence-electron chi connectivity index (χ1n) is 21.9. The molecule has 3 heteroatoms. The lowest BCUT2D eigenvalue weighted by Crippen LogP contribution is -2.28. The monoisotopic (exact) mass is 849 g/mol. The Bertz CT molecular complexity index is 3680. The molecule has 1 nitrogen and oxygen atoms in total. The summed E-state index contributed by atoms with van der Waals surface area (Å²) in [7, 11) is 0. The topological polar surface area (TPSA) is 3.24 Å². The molecule has 1 aliphatic rings. The minimum Gasteiger partial charge on any atom is -0.310 e. The molecular weight excluding hydrogens is 811 g/mol. The van der Waals surface area contributed by atoms with Crippen molar-refractivity contribution in [3.05, 3.63) is 259 Å². The highest BCUT2D eigenvalue weighted by molar-refractivity contribution is 7.26. The van der Waals surface area contributed by atoms with Gasteiger partial charge < -0.3 is 4.90 Å². The predicted octanol–water partition coefficient (Wildman–Crippen LogP) is 17.6. The summed E-state index contributed by atoms with van der Waals surface area (Å²) in [5.41, 5.74) is 15.5. The van der Waals surface area contributed by atoms with Gasteiger partial charge in [-0.15, -0.1) is 22.7 Å². The van der Waals surface area contributed by atoms with Crippen molar-refractivity contribution in [2.24, 2.45) is 0 Å². The smallest absolute Gasteiger partial charge is 0.0713 e. The Kier molecular flexibility index (Phi) is 8.55. The molecule has 10 aromatic carbocycles. The van der Waals surface area contributed by atoms with Gasteiger partial charge in [0.25, 0.3) is 0 Å². The van der Waals surface area contributed by atoms with E-state index in [0.29, 0.717) is 0 Å². The van der Waals surface area contributed by atoms with Gasteiger partial charge in [-0.25, -0.2) is 0 Å². The number of anilines is 3. The summed E-state index contributed by atoms with van der Waals surface area (Å²) in [4.78, 5) is 2.42. The second-order valence-corrected chi connectivity index (χ2v) is 18.9. The van der Waals surface area contributed by atoms with E-state index in [4.69, 9.17) is 0 Å². The number of nitrogens with zero attached hydrogens (tertiary/aromatic N) is 1. The summed E-state index contributed by atoms with van der Waals surface area (Å²) in [5, 5.41) is 5.26. The number of rotatable bonds is 7. The second-order valence-electron chi connectivity index (χ2n) is 16.7. The molecule has 0 unspecified atom stereocenters. The molecule has 0 radical (unpaired) electrons. The first kappa shape index (κ1) is 37.0. The van der Waals surface area contributed by atoms with Gasteiger partial charge in [0.15, 0.2) is 0 Å². The number of thiophene rings is 2. The molecule has 1 aliphatic carbocycles. The van der Waals surface area contributed by atoms with Crippen LogP contribution in [0.25, 0.3) is 73.7 Å². The summed E-state index contributed by atoms with van der Waals surface area (Å²) >= 11 is 3.76. The van der Waals surface area contributed by atoms with Gasteiger partial charge in [-0.1, -0.05) is 188 Å². The second kappa shape index (κ2) is 14.8. The third-order valence-electron chi connectivity index (χ3n) is 13.4. The van der Waals surface area contributed by atoms with Crippen LogP contribution in [0.3, 0.4) is 0 Å². The Hall–Kier alpha value is -7.56. The van der Waals surface area contributed by atoms with Gasteiger partial charge in [-0.3, -0.25) is 0 Å². The van der Waals surface area contributed by atoms with Crippen molar-refractivity contribution < 1.29 is 0 Å². The van der Waals surface area contributed by atoms with E-state index in [2.05, 4.69) is 241 Å². The summed E-state index contributed by atoms with van der Waals surface area (Å²) in [5.74, 6) is 0. The van der Waals surface area contributed by atoms with E-state index in [9.17, 15) is 0 Å². The minimum atomic E-state index is -0.462. The standard InChI is InChI=1S/C61H39NS2/c1-2-16-42(17-3-1)61(55-27-8-4-19-49(55)50-20-5-9-28-56(50)61)43-33-37-45(38-34-43)62(44-35-31-40(32-36-44)47-23-13-25-53-51-21-6-10-29-57(51)63-59(47)53)46-18-12-15-41(39-46)48-24-14-26-54-52-22-7-11-30-58(52)64-60(48)54/h1-39H. The summed E-state index contributed by atoms with van der Waals surface area (Å²) in [6.45, 7) is 0. The fourth-order valence-electron chi connectivity index (χ4n) is 10.6. The van der Waals surface area contributed by atoms with E-state index in [0.717, 1.165) is 17.1 Å². The molecule has 0 atom stereocenters. The number of hydrogen-bond acceptors (Lipinski definition) is 3. The van der Waals surface area contributed by atoms with Crippen LogP contribution in [0.15, 0.2) is 237 Å². The van der Waals surface area contributed by atoms with Gasteiger partial charge in [-0.05, 0) is 104 Å². The van der Waals surface area contributed by atoms with Crippen molar-refractivity contribution in [3.8, 4) is 33.4 Å². The van der Waals surface area contributed by atoms with Gasteiger partial charge in [0.1, 0.15) is 0 Å². The molecule has 0 spiro atoms. The van der Waals surface area contributed by atoms with Crippen LogP contribution in [-0.4, -0.2) is 0 Å². The fraction of sp³-hybridized carbons (Fsp3) is 0.0164. The average Bonchev–Trinajstić information content (AvgIpc) is 4.04.